The van der Waals surface area contributed by atoms with Gasteiger partial charge in [-0.05, 0) is 42.2 Å². The molecule has 0 unspecified atom stereocenters. The smallest absolute Gasteiger partial charge is 0.263 e. The first kappa shape index (κ1) is 23.0. The van der Waals surface area contributed by atoms with Crippen LogP contribution in [0.4, 0.5) is 5.82 Å². The van der Waals surface area contributed by atoms with E-state index in [1.54, 1.807) is 0 Å². The number of fused-ring (bicyclic) bond motifs is 1. The molecule has 1 amide bonds. The number of aromatic nitrogens is 2. The molecule has 1 aromatic heterocycles. The molecule has 2 aromatic carbocycles. The number of carbonyl (C=O) groups is 1. The van der Waals surface area contributed by atoms with E-state index < -0.39 is 6.10 Å². The highest BCUT2D eigenvalue weighted by Gasteiger charge is 2.26. The van der Waals surface area contributed by atoms with E-state index in [9.17, 15) is 4.79 Å². The number of hydrogen-bond donors (Lipinski definition) is 1. The van der Waals surface area contributed by atoms with Crippen molar-refractivity contribution < 1.29 is 9.53 Å². The molecule has 1 saturated heterocycles. The predicted molar refractivity (Wildman–Crippen MR) is 131 cm³/mol. The van der Waals surface area contributed by atoms with Gasteiger partial charge in [-0.2, -0.15) is 0 Å². The largest absolute Gasteiger partial charge is 0.481 e. The van der Waals surface area contributed by atoms with Crippen molar-refractivity contribution in [2.75, 3.05) is 31.9 Å². The number of anilines is 1. The van der Waals surface area contributed by atoms with E-state index in [0.717, 1.165) is 24.0 Å². The standard InChI is InChI=1S/C26H33N5O2/c1-18(33-20-11-9-19(10-12-20)26(2,3)4)25(32)31-15-13-30(14-16-31)17-23-28-22-8-6-5-7-21(22)24(27)29-23/h5-12,18H,13-17H2,1-4H3,(H2,27,28,29)/t18-/m1/s1. The number of carbonyl (C=O) groups excluding carboxylic acids is 1. The van der Waals surface area contributed by atoms with Crippen LogP contribution >= 0.6 is 0 Å². The minimum absolute atomic E-state index is 0.0146. The van der Waals surface area contributed by atoms with E-state index in [2.05, 4.69) is 47.8 Å². The Labute approximate surface area is 195 Å². The second-order valence-electron chi connectivity index (χ2n) is 9.68. The molecule has 1 fully saturated rings. The van der Waals surface area contributed by atoms with Crippen LogP contribution in [0, 0.1) is 0 Å². The number of nitrogens with zero attached hydrogens (tertiary/aromatic N) is 4. The Morgan fingerprint density at radius 3 is 2.36 bits per heavy atom. The van der Waals surface area contributed by atoms with Crippen molar-refractivity contribution in [3.05, 3.63) is 59.9 Å². The summed E-state index contributed by atoms with van der Waals surface area (Å²) in [5.74, 6) is 1.95. The molecule has 4 rings (SSSR count). The molecular weight excluding hydrogens is 414 g/mol. The number of ether oxygens (including phenoxy) is 1. The molecule has 1 aliphatic rings. The summed E-state index contributed by atoms with van der Waals surface area (Å²) in [5, 5.41) is 0.874. The average Bonchev–Trinajstić information content (AvgIpc) is 2.79. The van der Waals surface area contributed by atoms with Crippen LogP contribution in [0.5, 0.6) is 5.75 Å². The van der Waals surface area contributed by atoms with Crippen LogP contribution in [0.2, 0.25) is 0 Å². The van der Waals surface area contributed by atoms with Crippen molar-refractivity contribution in [3.63, 3.8) is 0 Å². The monoisotopic (exact) mass is 447 g/mol. The summed E-state index contributed by atoms with van der Waals surface area (Å²) in [6.45, 7) is 11.8. The molecule has 7 heteroatoms. The Balaban J connectivity index is 1.30. The second-order valence-corrected chi connectivity index (χ2v) is 9.68. The Morgan fingerprint density at radius 2 is 1.70 bits per heavy atom. The van der Waals surface area contributed by atoms with Crippen LogP contribution < -0.4 is 10.5 Å². The number of nitrogens with two attached hydrogens (primary N) is 1. The van der Waals surface area contributed by atoms with E-state index in [0.29, 0.717) is 37.0 Å². The van der Waals surface area contributed by atoms with Gasteiger partial charge in [0.2, 0.25) is 0 Å². The van der Waals surface area contributed by atoms with Crippen molar-refractivity contribution >= 4 is 22.6 Å². The Morgan fingerprint density at radius 1 is 1.03 bits per heavy atom. The number of nitrogen functional groups attached to an aromatic ring is 1. The van der Waals surface area contributed by atoms with Crippen molar-refractivity contribution in [3.8, 4) is 5.75 Å². The fourth-order valence-electron chi connectivity index (χ4n) is 4.09. The number of benzene rings is 2. The van der Waals surface area contributed by atoms with Crippen LogP contribution in [0.15, 0.2) is 48.5 Å². The van der Waals surface area contributed by atoms with Crippen LogP contribution in [0.1, 0.15) is 39.1 Å². The molecule has 1 aliphatic heterocycles. The predicted octanol–water partition coefficient (Wildman–Crippen LogP) is 3.62. The maximum Gasteiger partial charge on any atom is 0.263 e. The number of piperazine rings is 1. The lowest BCUT2D eigenvalue weighted by Gasteiger charge is -2.35. The minimum atomic E-state index is -0.527. The third kappa shape index (κ3) is 5.42. The molecule has 2 N–H and O–H groups in total. The van der Waals surface area contributed by atoms with Crippen LogP contribution in [0.3, 0.4) is 0 Å². The van der Waals surface area contributed by atoms with Crippen molar-refractivity contribution in [2.24, 2.45) is 0 Å². The molecule has 0 aliphatic carbocycles. The highest BCUT2D eigenvalue weighted by molar-refractivity contribution is 5.87. The zero-order valence-electron chi connectivity index (χ0n) is 19.9. The van der Waals surface area contributed by atoms with Gasteiger partial charge in [0.05, 0.1) is 12.1 Å². The molecule has 33 heavy (non-hydrogen) atoms. The van der Waals surface area contributed by atoms with Crippen molar-refractivity contribution in [1.82, 2.24) is 19.8 Å². The SMILES string of the molecule is C[C@@H](Oc1ccc(C(C)(C)C)cc1)C(=O)N1CCN(Cc2nc(N)c3ccccc3n2)CC1. The first-order valence-electron chi connectivity index (χ1n) is 11.5. The topological polar surface area (TPSA) is 84.6 Å². The number of amides is 1. The van der Waals surface area contributed by atoms with Gasteiger partial charge < -0.3 is 15.4 Å². The van der Waals surface area contributed by atoms with Crippen LogP contribution in [-0.2, 0) is 16.8 Å². The Hall–Kier alpha value is -3.19. The molecule has 0 radical (unpaired) electrons. The zero-order valence-corrected chi connectivity index (χ0v) is 19.9. The molecule has 3 aromatic rings. The summed E-state index contributed by atoms with van der Waals surface area (Å²) in [7, 11) is 0. The summed E-state index contributed by atoms with van der Waals surface area (Å²) in [6.07, 6.45) is -0.527. The van der Waals surface area contributed by atoms with Gasteiger partial charge in [0, 0.05) is 31.6 Å². The van der Waals surface area contributed by atoms with E-state index in [-0.39, 0.29) is 11.3 Å². The summed E-state index contributed by atoms with van der Waals surface area (Å²) >= 11 is 0. The third-order valence-corrected chi connectivity index (χ3v) is 6.11. The molecule has 174 valence electrons. The third-order valence-electron chi connectivity index (χ3n) is 6.11. The second kappa shape index (κ2) is 9.35. The quantitative estimate of drug-likeness (QED) is 0.643. The lowest BCUT2D eigenvalue weighted by molar-refractivity contribution is -0.139. The number of hydrogen-bond acceptors (Lipinski definition) is 6. The van der Waals surface area contributed by atoms with E-state index in [1.165, 1.54) is 5.56 Å². The molecule has 2 heterocycles. The highest BCUT2D eigenvalue weighted by Crippen LogP contribution is 2.25. The lowest BCUT2D eigenvalue weighted by Crippen LogP contribution is -2.51. The van der Waals surface area contributed by atoms with Crippen molar-refractivity contribution in [1.29, 1.82) is 0 Å². The van der Waals surface area contributed by atoms with Gasteiger partial charge in [0.25, 0.3) is 5.91 Å². The van der Waals surface area contributed by atoms with Gasteiger partial charge in [-0.25, -0.2) is 9.97 Å². The fraction of sp³-hybridized carbons (Fsp3) is 0.423. The van der Waals surface area contributed by atoms with Gasteiger partial charge >= 0.3 is 0 Å². The lowest BCUT2D eigenvalue weighted by atomic mass is 9.87. The first-order valence-corrected chi connectivity index (χ1v) is 11.5. The van der Waals surface area contributed by atoms with Gasteiger partial charge in [-0.15, -0.1) is 0 Å². The molecule has 0 saturated carbocycles. The fourth-order valence-corrected chi connectivity index (χ4v) is 4.09. The summed E-state index contributed by atoms with van der Waals surface area (Å²) in [6, 6.07) is 15.8. The Kier molecular flexibility index (Phi) is 6.51. The molecule has 7 nitrogen and oxygen atoms in total. The summed E-state index contributed by atoms with van der Waals surface area (Å²) < 4.78 is 5.93. The maximum atomic E-state index is 12.9. The molecular formula is C26H33N5O2. The zero-order chi connectivity index (χ0) is 23.6. The summed E-state index contributed by atoms with van der Waals surface area (Å²) in [4.78, 5) is 26.2. The van der Waals surface area contributed by atoms with E-state index in [4.69, 9.17) is 10.5 Å². The van der Waals surface area contributed by atoms with E-state index >= 15 is 0 Å². The van der Waals surface area contributed by atoms with Gasteiger partial charge in [-0.1, -0.05) is 45.0 Å². The Bertz CT molecular complexity index is 1120. The highest BCUT2D eigenvalue weighted by atomic mass is 16.5. The van der Waals surface area contributed by atoms with Crippen molar-refractivity contribution in [2.45, 2.75) is 45.8 Å². The molecule has 0 spiro atoms. The average molecular weight is 448 g/mol. The normalized spacial score (nSPS) is 16.1. The summed E-state index contributed by atoms with van der Waals surface area (Å²) in [5.41, 5.74) is 8.29. The minimum Gasteiger partial charge on any atom is -0.481 e. The first-order chi connectivity index (χ1) is 15.7. The van der Waals surface area contributed by atoms with E-state index in [1.807, 2.05) is 48.2 Å². The molecule has 0 bridgehead atoms. The molecule has 1 atom stereocenters. The van der Waals surface area contributed by atoms with Gasteiger partial charge in [-0.3, -0.25) is 9.69 Å². The number of para-hydroxylation sites is 1. The van der Waals surface area contributed by atoms with Gasteiger partial charge in [0.1, 0.15) is 17.4 Å². The van der Waals surface area contributed by atoms with Crippen LogP contribution in [0.25, 0.3) is 10.9 Å². The number of rotatable bonds is 5. The maximum absolute atomic E-state index is 12.9. The van der Waals surface area contributed by atoms with Gasteiger partial charge in [0.15, 0.2) is 6.10 Å². The van der Waals surface area contributed by atoms with Crippen LogP contribution in [-0.4, -0.2) is 58.0 Å².